The molecule has 0 unspecified atom stereocenters. The van der Waals surface area contributed by atoms with E-state index in [0.29, 0.717) is 30.6 Å². The first-order valence-corrected chi connectivity index (χ1v) is 10.3. The van der Waals surface area contributed by atoms with Gasteiger partial charge < -0.3 is 14.9 Å². The standard InChI is InChI=1S/C21H32O4/c1-13(22)15-3-4-16-18(15,2)7-6-17-19-8-5-14(23)11-20(19,24)9-10-21(16,17)25-12-19/h14-17,23-24H,3-12H2,1-2H3/t14-,15-,16-,17-,18-,19+,20-,21-/m1/s1. The smallest absolute Gasteiger partial charge is 0.133 e. The zero-order valence-corrected chi connectivity index (χ0v) is 15.6. The van der Waals surface area contributed by atoms with Crippen LogP contribution in [0.2, 0.25) is 0 Å². The molecule has 1 spiro atoms. The van der Waals surface area contributed by atoms with Crippen LogP contribution in [0.15, 0.2) is 0 Å². The molecular weight excluding hydrogens is 316 g/mol. The lowest BCUT2D eigenvalue weighted by Gasteiger charge is -2.63. The second-order valence-electron chi connectivity index (χ2n) is 10.2. The lowest BCUT2D eigenvalue weighted by atomic mass is 9.42. The van der Waals surface area contributed by atoms with E-state index in [1.165, 1.54) is 0 Å². The van der Waals surface area contributed by atoms with Gasteiger partial charge in [0, 0.05) is 17.8 Å². The highest BCUT2D eigenvalue weighted by Crippen LogP contribution is 2.74. The van der Waals surface area contributed by atoms with E-state index < -0.39 is 5.60 Å². The van der Waals surface area contributed by atoms with Crippen LogP contribution in [0, 0.1) is 28.6 Å². The largest absolute Gasteiger partial charge is 0.393 e. The Morgan fingerprint density at radius 3 is 2.60 bits per heavy atom. The van der Waals surface area contributed by atoms with Crippen molar-refractivity contribution in [2.75, 3.05) is 6.61 Å². The lowest BCUT2D eigenvalue weighted by Crippen LogP contribution is -2.66. The van der Waals surface area contributed by atoms with Crippen LogP contribution in [0.25, 0.3) is 0 Å². The molecule has 2 N–H and O–H groups in total. The third-order valence-corrected chi connectivity index (χ3v) is 9.60. The quantitative estimate of drug-likeness (QED) is 0.765. The monoisotopic (exact) mass is 348 g/mol. The van der Waals surface area contributed by atoms with Crippen molar-refractivity contribution in [3.8, 4) is 0 Å². The maximum Gasteiger partial charge on any atom is 0.133 e. The van der Waals surface area contributed by atoms with Gasteiger partial charge in [-0.05, 0) is 75.5 Å². The van der Waals surface area contributed by atoms with Gasteiger partial charge in [0.2, 0.25) is 0 Å². The van der Waals surface area contributed by atoms with Crippen LogP contribution in [0.1, 0.15) is 71.6 Å². The number of rotatable bonds is 1. The normalized spacial score (nSPS) is 59.8. The third kappa shape index (κ3) is 1.77. The highest BCUT2D eigenvalue weighted by atomic mass is 16.5. The number of carbonyl (C=O) groups is 1. The van der Waals surface area contributed by atoms with E-state index in [0.717, 1.165) is 51.4 Å². The molecule has 0 aromatic heterocycles. The summed E-state index contributed by atoms with van der Waals surface area (Å²) in [6.07, 6.45) is 7.71. The predicted octanol–water partition coefficient (Wildman–Crippen LogP) is 2.84. The van der Waals surface area contributed by atoms with Crippen LogP contribution in [-0.4, -0.2) is 39.9 Å². The number of Topliss-reactive ketones (excluding diaryl/α,β-unsaturated/α-hetero) is 1. The molecular formula is C21H32O4. The summed E-state index contributed by atoms with van der Waals surface area (Å²) in [6.45, 7) is 4.75. The molecule has 0 amide bonds. The summed E-state index contributed by atoms with van der Waals surface area (Å²) in [7, 11) is 0. The molecule has 4 aliphatic carbocycles. The van der Waals surface area contributed by atoms with Gasteiger partial charge in [-0.3, -0.25) is 4.79 Å². The van der Waals surface area contributed by atoms with E-state index in [9.17, 15) is 15.0 Å². The predicted molar refractivity (Wildman–Crippen MR) is 92.9 cm³/mol. The van der Waals surface area contributed by atoms with E-state index in [-0.39, 0.29) is 28.5 Å². The van der Waals surface area contributed by atoms with Gasteiger partial charge in [-0.1, -0.05) is 6.92 Å². The number of ketones is 1. The lowest BCUT2D eigenvalue weighted by molar-refractivity contribution is -0.215. The molecule has 5 fully saturated rings. The van der Waals surface area contributed by atoms with E-state index in [1.54, 1.807) is 6.92 Å². The second-order valence-corrected chi connectivity index (χ2v) is 10.2. The molecule has 1 saturated heterocycles. The van der Waals surface area contributed by atoms with E-state index in [2.05, 4.69) is 6.92 Å². The Bertz CT molecular complexity index is 619. The molecule has 140 valence electrons. The van der Waals surface area contributed by atoms with Crippen LogP contribution < -0.4 is 0 Å². The van der Waals surface area contributed by atoms with Crippen molar-refractivity contribution < 1.29 is 19.7 Å². The summed E-state index contributed by atoms with van der Waals surface area (Å²) < 4.78 is 6.68. The summed E-state index contributed by atoms with van der Waals surface area (Å²) in [5.41, 5.74) is -0.995. The third-order valence-electron chi connectivity index (χ3n) is 9.60. The summed E-state index contributed by atoms with van der Waals surface area (Å²) in [4.78, 5) is 12.3. The number of hydrogen-bond donors (Lipinski definition) is 2. The number of ether oxygens (including phenoxy) is 1. The Hall–Kier alpha value is -0.450. The topological polar surface area (TPSA) is 66.8 Å². The molecule has 0 aromatic carbocycles. The Morgan fingerprint density at radius 1 is 1.04 bits per heavy atom. The van der Waals surface area contributed by atoms with Gasteiger partial charge in [-0.15, -0.1) is 0 Å². The molecule has 4 heteroatoms. The van der Waals surface area contributed by atoms with Crippen molar-refractivity contribution >= 4 is 5.78 Å². The number of carbonyl (C=O) groups excluding carboxylic acids is 1. The SMILES string of the molecule is CC(=O)[C@H]1CC[C@@H]2[C@]1(C)CC[C@H]1[C@@]23CC[C@@]2(O)C[C@H](O)CC[C@]12CO3. The number of fused-ring (bicyclic) bond motifs is 1. The zero-order valence-electron chi connectivity index (χ0n) is 15.6. The van der Waals surface area contributed by atoms with E-state index in [1.807, 2.05) is 0 Å². The molecule has 4 nitrogen and oxygen atoms in total. The maximum absolute atomic E-state index is 12.3. The highest BCUT2D eigenvalue weighted by molar-refractivity contribution is 5.79. The average Bonchev–Trinajstić information content (AvgIpc) is 3.03. The average molecular weight is 348 g/mol. The maximum atomic E-state index is 12.3. The molecule has 1 heterocycles. The van der Waals surface area contributed by atoms with E-state index in [4.69, 9.17) is 4.74 Å². The zero-order chi connectivity index (χ0) is 17.7. The van der Waals surface area contributed by atoms with Crippen LogP contribution in [0.5, 0.6) is 0 Å². The Balaban J connectivity index is 1.56. The minimum absolute atomic E-state index is 0.0670. The fourth-order valence-corrected chi connectivity index (χ4v) is 8.54. The van der Waals surface area contributed by atoms with Gasteiger partial charge in [-0.2, -0.15) is 0 Å². The van der Waals surface area contributed by atoms with Gasteiger partial charge >= 0.3 is 0 Å². The number of hydrogen-bond acceptors (Lipinski definition) is 4. The summed E-state index contributed by atoms with van der Waals surface area (Å²) in [5, 5.41) is 21.7. The van der Waals surface area contributed by atoms with E-state index >= 15 is 0 Å². The number of aliphatic hydroxyl groups is 2. The van der Waals surface area contributed by atoms with Gasteiger partial charge in [0.15, 0.2) is 0 Å². The molecule has 8 atom stereocenters. The van der Waals surface area contributed by atoms with Crippen molar-refractivity contribution in [2.24, 2.45) is 28.6 Å². The fraction of sp³-hybridized carbons (Fsp3) is 0.952. The fourth-order valence-electron chi connectivity index (χ4n) is 8.54. The Labute approximate surface area is 150 Å². The van der Waals surface area contributed by atoms with Crippen LogP contribution in [0.3, 0.4) is 0 Å². The molecule has 25 heavy (non-hydrogen) atoms. The molecule has 4 saturated carbocycles. The van der Waals surface area contributed by atoms with Crippen molar-refractivity contribution in [3.63, 3.8) is 0 Å². The molecule has 5 aliphatic rings. The molecule has 2 bridgehead atoms. The summed E-state index contributed by atoms with van der Waals surface area (Å²) in [6, 6.07) is 0. The first-order chi connectivity index (χ1) is 11.8. The van der Waals surface area contributed by atoms with Crippen LogP contribution in [-0.2, 0) is 9.53 Å². The first-order valence-electron chi connectivity index (χ1n) is 10.3. The second kappa shape index (κ2) is 4.88. The summed E-state index contributed by atoms with van der Waals surface area (Å²) in [5.74, 6) is 1.38. The molecule has 5 rings (SSSR count). The van der Waals surface area contributed by atoms with Gasteiger partial charge in [-0.25, -0.2) is 0 Å². The van der Waals surface area contributed by atoms with Gasteiger partial charge in [0.1, 0.15) is 5.78 Å². The summed E-state index contributed by atoms with van der Waals surface area (Å²) >= 11 is 0. The Morgan fingerprint density at radius 2 is 1.84 bits per heavy atom. The van der Waals surface area contributed by atoms with Crippen molar-refractivity contribution in [1.82, 2.24) is 0 Å². The first kappa shape index (κ1) is 16.7. The van der Waals surface area contributed by atoms with Gasteiger partial charge in [0.25, 0.3) is 0 Å². The minimum atomic E-state index is -0.762. The highest BCUT2D eigenvalue weighted by Gasteiger charge is 2.76. The Kier molecular flexibility index (Phi) is 3.26. The van der Waals surface area contributed by atoms with Crippen LogP contribution >= 0.6 is 0 Å². The minimum Gasteiger partial charge on any atom is -0.393 e. The molecule has 1 aliphatic heterocycles. The van der Waals surface area contributed by atoms with Crippen LogP contribution in [0.4, 0.5) is 0 Å². The number of aliphatic hydroxyl groups excluding tert-OH is 1. The molecule has 0 radical (unpaired) electrons. The van der Waals surface area contributed by atoms with Crippen molar-refractivity contribution in [2.45, 2.75) is 88.9 Å². The van der Waals surface area contributed by atoms with Crippen molar-refractivity contribution in [1.29, 1.82) is 0 Å². The van der Waals surface area contributed by atoms with Crippen molar-refractivity contribution in [3.05, 3.63) is 0 Å². The molecule has 0 aromatic rings. The van der Waals surface area contributed by atoms with Gasteiger partial charge in [0.05, 0.1) is 23.9 Å².